The topological polar surface area (TPSA) is 24.5 Å². The number of hydrogen-bond donors (Lipinski definition) is 1. The Morgan fingerprint density at radius 3 is 2.76 bits per heavy atom. The molecule has 116 valence electrons. The standard InChI is InChI=1S/C17H25ClN2O/c18-15-3-5-16(6-4-15)21-12-11-20-10-2-8-17(14-20)7-1-9-19-13-17/h3-6,19H,1-2,7-14H2. The lowest BCUT2D eigenvalue weighted by atomic mass is 9.74. The summed E-state index contributed by atoms with van der Waals surface area (Å²) in [5.74, 6) is 0.908. The van der Waals surface area contributed by atoms with Crippen molar-refractivity contribution in [3.8, 4) is 5.75 Å². The van der Waals surface area contributed by atoms with E-state index >= 15 is 0 Å². The van der Waals surface area contributed by atoms with Crippen molar-refractivity contribution in [2.45, 2.75) is 25.7 Å². The van der Waals surface area contributed by atoms with Crippen molar-refractivity contribution in [3.63, 3.8) is 0 Å². The van der Waals surface area contributed by atoms with Crippen LogP contribution in [0.25, 0.3) is 0 Å². The first-order valence-electron chi connectivity index (χ1n) is 8.07. The Balaban J connectivity index is 1.45. The minimum atomic E-state index is 0.525. The number of rotatable bonds is 4. The zero-order valence-corrected chi connectivity index (χ0v) is 13.4. The summed E-state index contributed by atoms with van der Waals surface area (Å²) in [7, 11) is 0. The molecule has 1 spiro atoms. The molecule has 1 aromatic carbocycles. The maximum atomic E-state index is 5.88. The fourth-order valence-corrected chi connectivity index (χ4v) is 3.83. The largest absolute Gasteiger partial charge is 0.492 e. The minimum absolute atomic E-state index is 0.525. The zero-order valence-electron chi connectivity index (χ0n) is 12.6. The molecule has 4 heteroatoms. The van der Waals surface area contributed by atoms with Gasteiger partial charge in [-0.3, -0.25) is 4.90 Å². The number of likely N-dealkylation sites (tertiary alicyclic amines) is 1. The molecule has 1 unspecified atom stereocenters. The van der Waals surface area contributed by atoms with E-state index in [0.717, 1.165) is 23.9 Å². The van der Waals surface area contributed by atoms with Crippen LogP contribution in [-0.2, 0) is 0 Å². The molecule has 1 aromatic rings. The van der Waals surface area contributed by atoms with Gasteiger partial charge in [0.2, 0.25) is 0 Å². The summed E-state index contributed by atoms with van der Waals surface area (Å²) in [6.07, 6.45) is 5.42. The first kappa shape index (κ1) is 15.1. The van der Waals surface area contributed by atoms with Crippen LogP contribution in [0.4, 0.5) is 0 Å². The predicted molar refractivity (Wildman–Crippen MR) is 87.2 cm³/mol. The van der Waals surface area contributed by atoms with Gasteiger partial charge < -0.3 is 10.1 Å². The number of ether oxygens (including phenoxy) is 1. The van der Waals surface area contributed by atoms with Gasteiger partial charge in [-0.25, -0.2) is 0 Å². The molecule has 0 radical (unpaired) electrons. The van der Waals surface area contributed by atoms with E-state index in [0.29, 0.717) is 5.41 Å². The smallest absolute Gasteiger partial charge is 0.119 e. The third-order valence-electron chi connectivity index (χ3n) is 4.79. The van der Waals surface area contributed by atoms with Crippen molar-refractivity contribution < 1.29 is 4.74 Å². The molecule has 3 rings (SSSR count). The second-order valence-corrected chi connectivity index (χ2v) is 6.90. The molecule has 2 heterocycles. The summed E-state index contributed by atoms with van der Waals surface area (Å²) in [5.41, 5.74) is 0.525. The molecule has 21 heavy (non-hydrogen) atoms. The fourth-order valence-electron chi connectivity index (χ4n) is 3.70. The Morgan fingerprint density at radius 1 is 1.19 bits per heavy atom. The highest BCUT2D eigenvalue weighted by atomic mass is 35.5. The molecule has 0 amide bonds. The second kappa shape index (κ2) is 6.99. The number of halogens is 1. The van der Waals surface area contributed by atoms with Crippen LogP contribution in [0.2, 0.25) is 5.02 Å². The molecular formula is C17H25ClN2O. The molecule has 0 aromatic heterocycles. The lowest BCUT2D eigenvalue weighted by Crippen LogP contribution is -2.51. The van der Waals surface area contributed by atoms with Crippen LogP contribution >= 0.6 is 11.6 Å². The predicted octanol–water partition coefficient (Wildman–Crippen LogP) is 3.18. The van der Waals surface area contributed by atoms with Crippen LogP contribution in [-0.4, -0.2) is 44.2 Å². The average Bonchev–Trinajstić information content (AvgIpc) is 2.50. The molecule has 0 aliphatic carbocycles. The van der Waals surface area contributed by atoms with Crippen LogP contribution < -0.4 is 10.1 Å². The van der Waals surface area contributed by atoms with Crippen molar-refractivity contribution in [2.75, 3.05) is 39.3 Å². The van der Waals surface area contributed by atoms with Crippen LogP contribution in [0.3, 0.4) is 0 Å². The summed E-state index contributed by atoms with van der Waals surface area (Å²) in [6.45, 7) is 6.61. The fraction of sp³-hybridized carbons (Fsp3) is 0.647. The highest BCUT2D eigenvalue weighted by molar-refractivity contribution is 6.30. The molecule has 0 bridgehead atoms. The number of benzene rings is 1. The van der Waals surface area contributed by atoms with Crippen LogP contribution in [0, 0.1) is 5.41 Å². The quantitative estimate of drug-likeness (QED) is 0.924. The van der Waals surface area contributed by atoms with Gasteiger partial charge in [0, 0.05) is 24.7 Å². The summed E-state index contributed by atoms with van der Waals surface area (Å²) in [5, 5.41) is 4.34. The maximum Gasteiger partial charge on any atom is 0.119 e. The van der Waals surface area contributed by atoms with Gasteiger partial charge in [0.25, 0.3) is 0 Å². The van der Waals surface area contributed by atoms with Gasteiger partial charge in [-0.05, 0) is 68.5 Å². The Kier molecular flexibility index (Phi) is 5.04. The van der Waals surface area contributed by atoms with Gasteiger partial charge in [-0.1, -0.05) is 11.6 Å². The van der Waals surface area contributed by atoms with E-state index in [9.17, 15) is 0 Å². The molecule has 2 fully saturated rings. The van der Waals surface area contributed by atoms with Crippen LogP contribution in [0.15, 0.2) is 24.3 Å². The van der Waals surface area contributed by atoms with E-state index < -0.39 is 0 Å². The van der Waals surface area contributed by atoms with Crippen molar-refractivity contribution in [2.24, 2.45) is 5.41 Å². The van der Waals surface area contributed by atoms with Crippen molar-refractivity contribution >= 4 is 11.6 Å². The molecular weight excluding hydrogens is 284 g/mol. The van der Waals surface area contributed by atoms with Crippen LogP contribution in [0.1, 0.15) is 25.7 Å². The van der Waals surface area contributed by atoms with Gasteiger partial charge in [0.1, 0.15) is 12.4 Å². The SMILES string of the molecule is Clc1ccc(OCCN2CCCC3(CCCNC3)C2)cc1. The molecule has 0 saturated carbocycles. The number of nitrogens with one attached hydrogen (secondary N) is 1. The maximum absolute atomic E-state index is 5.88. The van der Waals surface area contributed by atoms with E-state index in [1.165, 1.54) is 51.9 Å². The number of piperidine rings is 2. The van der Waals surface area contributed by atoms with Gasteiger partial charge in [-0.2, -0.15) is 0 Å². The summed E-state index contributed by atoms with van der Waals surface area (Å²) >= 11 is 5.88. The lowest BCUT2D eigenvalue weighted by Gasteiger charge is -2.45. The minimum Gasteiger partial charge on any atom is -0.492 e. The third kappa shape index (κ3) is 4.12. The number of nitrogens with zero attached hydrogens (tertiary/aromatic N) is 1. The summed E-state index contributed by atoms with van der Waals surface area (Å²) in [6, 6.07) is 7.62. The molecule has 2 aliphatic heterocycles. The van der Waals surface area contributed by atoms with Crippen molar-refractivity contribution in [1.29, 1.82) is 0 Å². The van der Waals surface area contributed by atoms with Crippen LogP contribution in [0.5, 0.6) is 5.75 Å². The third-order valence-corrected chi connectivity index (χ3v) is 5.04. The Labute approximate surface area is 132 Å². The van der Waals surface area contributed by atoms with E-state index in [-0.39, 0.29) is 0 Å². The first-order chi connectivity index (χ1) is 10.3. The molecule has 1 atom stereocenters. The van der Waals surface area contributed by atoms with Crippen molar-refractivity contribution in [3.05, 3.63) is 29.3 Å². The Hall–Kier alpha value is -0.770. The van der Waals surface area contributed by atoms with Gasteiger partial charge in [0.05, 0.1) is 0 Å². The second-order valence-electron chi connectivity index (χ2n) is 6.46. The lowest BCUT2D eigenvalue weighted by molar-refractivity contribution is 0.0563. The van der Waals surface area contributed by atoms with E-state index in [1.54, 1.807) is 0 Å². The molecule has 2 saturated heterocycles. The highest BCUT2D eigenvalue weighted by Crippen LogP contribution is 2.35. The first-order valence-corrected chi connectivity index (χ1v) is 8.45. The molecule has 1 N–H and O–H groups in total. The average molecular weight is 309 g/mol. The van der Waals surface area contributed by atoms with Gasteiger partial charge >= 0.3 is 0 Å². The van der Waals surface area contributed by atoms with Gasteiger partial charge in [-0.15, -0.1) is 0 Å². The van der Waals surface area contributed by atoms with E-state index in [2.05, 4.69) is 10.2 Å². The van der Waals surface area contributed by atoms with E-state index in [1.807, 2.05) is 24.3 Å². The highest BCUT2D eigenvalue weighted by Gasteiger charge is 2.36. The summed E-state index contributed by atoms with van der Waals surface area (Å²) in [4.78, 5) is 2.58. The monoisotopic (exact) mass is 308 g/mol. The van der Waals surface area contributed by atoms with Crippen molar-refractivity contribution in [1.82, 2.24) is 10.2 Å². The van der Waals surface area contributed by atoms with Gasteiger partial charge in [0.15, 0.2) is 0 Å². The zero-order chi connectivity index (χ0) is 14.5. The number of hydrogen-bond acceptors (Lipinski definition) is 3. The Morgan fingerprint density at radius 2 is 2.00 bits per heavy atom. The molecule has 3 nitrogen and oxygen atoms in total. The van der Waals surface area contributed by atoms with E-state index in [4.69, 9.17) is 16.3 Å². The normalized spacial score (nSPS) is 26.9. The molecule has 2 aliphatic rings. The Bertz CT molecular complexity index is 437. The summed E-state index contributed by atoms with van der Waals surface area (Å²) < 4.78 is 5.82.